The van der Waals surface area contributed by atoms with Gasteiger partial charge in [-0.3, -0.25) is 4.79 Å². The quantitative estimate of drug-likeness (QED) is 0.785. The second kappa shape index (κ2) is 6.97. The predicted molar refractivity (Wildman–Crippen MR) is 68.6 cm³/mol. The number of nitrogens with two attached hydrogens (primary N) is 1. The van der Waals surface area contributed by atoms with Gasteiger partial charge in [-0.25, -0.2) is 0 Å². The lowest BCUT2D eigenvalue weighted by molar-refractivity contribution is -0.138. The Hall–Kier alpha value is -0.610. The van der Waals surface area contributed by atoms with E-state index in [9.17, 15) is 4.79 Å². The first-order chi connectivity index (χ1) is 8.10. The standard InChI is InChI=1S/C13H26N2O2/c1-10(2)12(8-14)13(16)15-6-4-11(5-7-15)9-17-3/h10-12H,4-9,14H2,1-3H3. The maximum atomic E-state index is 12.3. The molecule has 0 aromatic rings. The van der Waals surface area contributed by atoms with Gasteiger partial charge in [-0.1, -0.05) is 13.8 Å². The van der Waals surface area contributed by atoms with Crippen LogP contribution in [-0.2, 0) is 9.53 Å². The van der Waals surface area contributed by atoms with Crippen LogP contribution in [-0.4, -0.2) is 44.2 Å². The molecule has 1 unspecified atom stereocenters. The lowest BCUT2D eigenvalue weighted by Gasteiger charge is -2.34. The third-order valence-electron chi connectivity index (χ3n) is 3.70. The largest absolute Gasteiger partial charge is 0.384 e. The Morgan fingerprint density at radius 1 is 1.41 bits per heavy atom. The molecule has 1 amide bonds. The molecule has 2 N–H and O–H groups in total. The minimum Gasteiger partial charge on any atom is -0.384 e. The molecular formula is C13H26N2O2. The van der Waals surface area contributed by atoms with Crippen molar-refractivity contribution in [3.63, 3.8) is 0 Å². The summed E-state index contributed by atoms with van der Waals surface area (Å²) in [5.74, 6) is 1.15. The molecule has 1 rings (SSSR count). The number of hydrogen-bond acceptors (Lipinski definition) is 3. The number of carbonyl (C=O) groups excluding carboxylic acids is 1. The fourth-order valence-corrected chi connectivity index (χ4v) is 2.45. The van der Waals surface area contributed by atoms with Gasteiger partial charge < -0.3 is 15.4 Å². The summed E-state index contributed by atoms with van der Waals surface area (Å²) in [4.78, 5) is 14.2. The van der Waals surface area contributed by atoms with Crippen LogP contribution in [0.3, 0.4) is 0 Å². The van der Waals surface area contributed by atoms with Gasteiger partial charge in [0.25, 0.3) is 0 Å². The smallest absolute Gasteiger partial charge is 0.227 e. The molecule has 0 aromatic heterocycles. The van der Waals surface area contributed by atoms with E-state index in [1.165, 1.54) is 0 Å². The Kier molecular flexibility index (Phi) is 5.92. The van der Waals surface area contributed by atoms with Gasteiger partial charge in [-0.15, -0.1) is 0 Å². The molecule has 1 fully saturated rings. The lowest BCUT2D eigenvalue weighted by Crippen LogP contribution is -2.45. The molecule has 1 aliphatic rings. The predicted octanol–water partition coefficient (Wildman–Crippen LogP) is 1.10. The summed E-state index contributed by atoms with van der Waals surface area (Å²) in [6.07, 6.45) is 2.10. The van der Waals surface area contributed by atoms with E-state index < -0.39 is 0 Å². The lowest BCUT2D eigenvalue weighted by atomic mass is 9.92. The summed E-state index contributed by atoms with van der Waals surface area (Å²) in [6.45, 7) is 7.10. The molecule has 0 spiro atoms. The first-order valence-electron chi connectivity index (χ1n) is 6.58. The Bertz CT molecular complexity index is 236. The van der Waals surface area contributed by atoms with E-state index in [0.717, 1.165) is 32.5 Å². The average Bonchev–Trinajstić information content (AvgIpc) is 2.30. The van der Waals surface area contributed by atoms with Crippen LogP contribution in [0.5, 0.6) is 0 Å². The summed E-state index contributed by atoms with van der Waals surface area (Å²) in [6, 6.07) is 0. The Morgan fingerprint density at radius 2 is 2.00 bits per heavy atom. The van der Waals surface area contributed by atoms with E-state index in [0.29, 0.717) is 18.4 Å². The van der Waals surface area contributed by atoms with Crippen LogP contribution in [0.4, 0.5) is 0 Å². The molecule has 1 aliphatic heterocycles. The van der Waals surface area contributed by atoms with Gasteiger partial charge in [-0.2, -0.15) is 0 Å². The summed E-state index contributed by atoms with van der Waals surface area (Å²) >= 11 is 0. The van der Waals surface area contributed by atoms with Crippen molar-refractivity contribution in [3.8, 4) is 0 Å². The number of nitrogens with zero attached hydrogens (tertiary/aromatic N) is 1. The Balaban J connectivity index is 2.45. The average molecular weight is 242 g/mol. The van der Waals surface area contributed by atoms with Gasteiger partial charge in [0, 0.05) is 33.4 Å². The minimum atomic E-state index is -0.0195. The third-order valence-corrected chi connectivity index (χ3v) is 3.70. The van der Waals surface area contributed by atoms with E-state index in [1.807, 2.05) is 4.90 Å². The van der Waals surface area contributed by atoms with Gasteiger partial charge in [-0.05, 0) is 24.7 Å². The zero-order valence-corrected chi connectivity index (χ0v) is 11.3. The summed E-state index contributed by atoms with van der Waals surface area (Å²) in [5, 5.41) is 0. The minimum absolute atomic E-state index is 0.0195. The second-order valence-electron chi connectivity index (χ2n) is 5.31. The molecule has 17 heavy (non-hydrogen) atoms. The number of carbonyl (C=O) groups is 1. The number of methoxy groups -OCH3 is 1. The number of likely N-dealkylation sites (tertiary alicyclic amines) is 1. The molecule has 1 atom stereocenters. The molecule has 0 saturated carbocycles. The van der Waals surface area contributed by atoms with Crippen LogP contribution in [0, 0.1) is 17.8 Å². The summed E-state index contributed by atoms with van der Waals surface area (Å²) < 4.78 is 5.16. The van der Waals surface area contributed by atoms with Crippen molar-refractivity contribution in [1.82, 2.24) is 4.90 Å². The first kappa shape index (κ1) is 14.5. The molecule has 100 valence electrons. The Morgan fingerprint density at radius 3 is 2.41 bits per heavy atom. The summed E-state index contributed by atoms with van der Waals surface area (Å²) in [7, 11) is 1.74. The van der Waals surface area contributed by atoms with Crippen LogP contribution >= 0.6 is 0 Å². The van der Waals surface area contributed by atoms with Gasteiger partial charge in [0.05, 0.1) is 5.92 Å². The molecule has 1 heterocycles. The van der Waals surface area contributed by atoms with E-state index >= 15 is 0 Å². The van der Waals surface area contributed by atoms with E-state index in [1.54, 1.807) is 7.11 Å². The van der Waals surface area contributed by atoms with Crippen molar-refractivity contribution in [1.29, 1.82) is 0 Å². The monoisotopic (exact) mass is 242 g/mol. The van der Waals surface area contributed by atoms with Crippen molar-refractivity contribution in [2.24, 2.45) is 23.5 Å². The highest BCUT2D eigenvalue weighted by Crippen LogP contribution is 2.21. The topological polar surface area (TPSA) is 55.6 Å². The van der Waals surface area contributed by atoms with Crippen molar-refractivity contribution < 1.29 is 9.53 Å². The summed E-state index contributed by atoms with van der Waals surface area (Å²) in [5.41, 5.74) is 5.69. The van der Waals surface area contributed by atoms with Gasteiger partial charge in [0.1, 0.15) is 0 Å². The van der Waals surface area contributed by atoms with Gasteiger partial charge >= 0.3 is 0 Å². The van der Waals surface area contributed by atoms with E-state index in [2.05, 4.69) is 13.8 Å². The fourth-order valence-electron chi connectivity index (χ4n) is 2.45. The second-order valence-corrected chi connectivity index (χ2v) is 5.31. The highest BCUT2D eigenvalue weighted by Gasteiger charge is 2.28. The van der Waals surface area contributed by atoms with Gasteiger partial charge in [0.2, 0.25) is 5.91 Å². The maximum Gasteiger partial charge on any atom is 0.227 e. The highest BCUT2D eigenvalue weighted by molar-refractivity contribution is 5.79. The van der Waals surface area contributed by atoms with Crippen molar-refractivity contribution in [2.45, 2.75) is 26.7 Å². The van der Waals surface area contributed by atoms with Crippen LogP contribution in [0.25, 0.3) is 0 Å². The Labute approximate surface area is 104 Å². The third kappa shape index (κ3) is 3.96. The molecule has 4 nitrogen and oxygen atoms in total. The van der Waals surface area contributed by atoms with Crippen LogP contribution < -0.4 is 5.73 Å². The van der Waals surface area contributed by atoms with Crippen molar-refractivity contribution >= 4 is 5.91 Å². The first-order valence-corrected chi connectivity index (χ1v) is 6.58. The SMILES string of the molecule is COCC1CCN(C(=O)C(CN)C(C)C)CC1. The highest BCUT2D eigenvalue weighted by atomic mass is 16.5. The van der Waals surface area contributed by atoms with Crippen LogP contribution in [0.2, 0.25) is 0 Å². The molecule has 0 radical (unpaired) electrons. The fraction of sp³-hybridized carbons (Fsp3) is 0.923. The molecule has 4 heteroatoms. The molecular weight excluding hydrogens is 216 g/mol. The molecule has 1 saturated heterocycles. The number of amides is 1. The molecule has 0 bridgehead atoms. The zero-order chi connectivity index (χ0) is 12.8. The van der Waals surface area contributed by atoms with E-state index in [4.69, 9.17) is 10.5 Å². The maximum absolute atomic E-state index is 12.3. The van der Waals surface area contributed by atoms with Crippen LogP contribution in [0.1, 0.15) is 26.7 Å². The number of hydrogen-bond donors (Lipinski definition) is 1. The van der Waals surface area contributed by atoms with Crippen molar-refractivity contribution in [2.75, 3.05) is 33.4 Å². The van der Waals surface area contributed by atoms with Crippen LogP contribution in [0.15, 0.2) is 0 Å². The van der Waals surface area contributed by atoms with E-state index in [-0.39, 0.29) is 11.8 Å². The molecule has 0 aromatic carbocycles. The van der Waals surface area contributed by atoms with Gasteiger partial charge in [0.15, 0.2) is 0 Å². The number of piperidine rings is 1. The normalized spacial score (nSPS) is 19.7. The molecule has 0 aliphatic carbocycles. The number of rotatable bonds is 5. The number of ether oxygens (including phenoxy) is 1. The van der Waals surface area contributed by atoms with Crippen molar-refractivity contribution in [3.05, 3.63) is 0 Å². The zero-order valence-electron chi connectivity index (χ0n) is 11.3.